The summed E-state index contributed by atoms with van der Waals surface area (Å²) in [7, 11) is 1.51. The zero-order chi connectivity index (χ0) is 29.5. The van der Waals surface area contributed by atoms with Crippen molar-refractivity contribution in [2.75, 3.05) is 19.5 Å². The molecule has 2 aromatic carbocycles. The standard InChI is InChI=1S/C29H35N3O8S/c1-10-6-14-7-16-28(36)32-17-8-39-29(37)15(30)9-41-27(22(32)21(31-16)18(14)24(35)25(10)38-5)20-19(17)23(34)11(2)12(3)26(20)40-13(4)33/h6,15-17,21-22,27-28,31,34-36H,7-9,30H2,1-5H3/t15-,16+,17-,21+,22+,27+,28-/m0/s1. The number of fused-ring (bicyclic) bond motifs is 7. The SMILES string of the molecule is COc1c(C)cc2c(c1O)[C@H]1N[C@H](C2)[C@H](O)N2[C@H]1[C@@H]1SC[C@H](N)C(=O)OC[C@H]2c2c(O)c(C)c(C)c(OC(C)=O)c21. The van der Waals surface area contributed by atoms with Gasteiger partial charge in [0.05, 0.1) is 30.5 Å². The average Bonchev–Trinajstić information content (AvgIpc) is 2.93. The summed E-state index contributed by atoms with van der Waals surface area (Å²) in [4.78, 5) is 27.0. The van der Waals surface area contributed by atoms with Gasteiger partial charge in [-0.2, -0.15) is 0 Å². The number of piperazine rings is 1. The summed E-state index contributed by atoms with van der Waals surface area (Å²) in [5.74, 6) is -0.169. The molecule has 0 aliphatic carbocycles. The Morgan fingerprint density at radius 3 is 2.56 bits per heavy atom. The molecular formula is C29H35N3O8S. The number of ether oxygens (including phenoxy) is 3. The van der Waals surface area contributed by atoms with Crippen LogP contribution in [0.4, 0.5) is 0 Å². The highest BCUT2D eigenvalue weighted by Gasteiger charge is 2.57. The molecule has 2 aromatic rings. The molecule has 0 amide bonds. The Hall–Kier alpha value is -3.03. The average molecular weight is 586 g/mol. The summed E-state index contributed by atoms with van der Waals surface area (Å²) >= 11 is 1.37. The summed E-state index contributed by atoms with van der Waals surface area (Å²) in [6.07, 6.45) is -0.589. The van der Waals surface area contributed by atoms with Crippen LogP contribution in [0, 0.1) is 20.8 Å². The topological polar surface area (TPSA) is 164 Å². The van der Waals surface area contributed by atoms with Crippen LogP contribution in [0.1, 0.15) is 63.2 Å². The molecule has 4 aliphatic rings. The maximum absolute atomic E-state index is 12.8. The van der Waals surface area contributed by atoms with E-state index in [1.807, 2.05) is 17.9 Å². The van der Waals surface area contributed by atoms with Crippen molar-refractivity contribution >= 4 is 23.7 Å². The summed E-state index contributed by atoms with van der Waals surface area (Å²) in [5.41, 5.74) is 10.7. The lowest BCUT2D eigenvalue weighted by Crippen LogP contribution is -2.69. The van der Waals surface area contributed by atoms with Crippen LogP contribution < -0.4 is 20.5 Å². The van der Waals surface area contributed by atoms with E-state index in [4.69, 9.17) is 19.9 Å². The predicted octanol–water partition coefficient (Wildman–Crippen LogP) is 1.93. The van der Waals surface area contributed by atoms with Crippen molar-refractivity contribution in [2.24, 2.45) is 5.73 Å². The molecular weight excluding hydrogens is 550 g/mol. The Morgan fingerprint density at radius 1 is 1.15 bits per heavy atom. The number of cyclic esters (lactones) is 1. The lowest BCUT2D eigenvalue weighted by Gasteiger charge is -2.59. The number of methoxy groups -OCH3 is 1. The molecule has 0 aromatic heterocycles. The Kier molecular flexibility index (Phi) is 6.89. The number of hydrogen-bond donors (Lipinski definition) is 5. The molecule has 4 bridgehead atoms. The van der Waals surface area contributed by atoms with Crippen molar-refractivity contribution in [3.8, 4) is 23.0 Å². The van der Waals surface area contributed by atoms with Crippen molar-refractivity contribution in [2.45, 2.75) is 75.8 Å². The van der Waals surface area contributed by atoms with Crippen molar-refractivity contribution in [1.29, 1.82) is 0 Å². The lowest BCUT2D eigenvalue weighted by molar-refractivity contribution is -0.159. The molecule has 220 valence electrons. The van der Waals surface area contributed by atoms with Crippen molar-refractivity contribution < 1.29 is 39.1 Å². The van der Waals surface area contributed by atoms with E-state index < -0.39 is 53.6 Å². The number of nitrogens with zero attached hydrogens (tertiary/aromatic N) is 1. The summed E-state index contributed by atoms with van der Waals surface area (Å²) in [5, 5.41) is 38.0. The van der Waals surface area contributed by atoms with Gasteiger partial charge < -0.3 is 40.6 Å². The number of carbonyl (C=O) groups excluding carboxylic acids is 2. The third kappa shape index (κ3) is 4.10. The van der Waals surface area contributed by atoms with Crippen molar-refractivity contribution in [1.82, 2.24) is 10.2 Å². The fourth-order valence-corrected chi connectivity index (χ4v) is 8.55. The van der Waals surface area contributed by atoms with Gasteiger partial charge in [-0.05, 0) is 49.4 Å². The maximum atomic E-state index is 12.8. The Bertz CT molecular complexity index is 1460. The molecule has 0 saturated carbocycles. The number of hydrogen-bond acceptors (Lipinski definition) is 12. The minimum atomic E-state index is -1.03. The Labute approximate surface area is 241 Å². The van der Waals surface area contributed by atoms with Crippen LogP contribution in [0.5, 0.6) is 23.0 Å². The number of phenolic OH excluding ortho intramolecular Hbond substituents is 2. The lowest BCUT2D eigenvalue weighted by atomic mass is 9.73. The molecule has 4 heterocycles. The van der Waals surface area contributed by atoms with Gasteiger partial charge in [-0.25, -0.2) is 0 Å². The fourth-order valence-electron chi connectivity index (χ4n) is 7.10. The molecule has 0 unspecified atom stereocenters. The van der Waals surface area contributed by atoms with Gasteiger partial charge in [0.1, 0.15) is 30.4 Å². The van der Waals surface area contributed by atoms with E-state index in [-0.39, 0.29) is 23.9 Å². The second kappa shape index (κ2) is 10.1. The van der Waals surface area contributed by atoms with E-state index in [0.717, 1.165) is 11.1 Å². The number of benzene rings is 2. The number of esters is 2. The van der Waals surface area contributed by atoms with E-state index in [1.54, 1.807) is 13.8 Å². The summed E-state index contributed by atoms with van der Waals surface area (Å²) in [6.45, 7) is 6.53. The van der Waals surface area contributed by atoms with Crippen molar-refractivity contribution in [3.63, 3.8) is 0 Å². The number of aliphatic hydroxyl groups is 1. The van der Waals surface area contributed by atoms with Gasteiger partial charge in [0.15, 0.2) is 11.5 Å². The highest BCUT2D eigenvalue weighted by atomic mass is 32.2. The summed E-state index contributed by atoms with van der Waals surface area (Å²) in [6, 6.07) is -1.13. The number of nitrogens with one attached hydrogen (secondary N) is 1. The van der Waals surface area contributed by atoms with Gasteiger partial charge in [-0.3, -0.25) is 14.5 Å². The largest absolute Gasteiger partial charge is 0.507 e. The highest BCUT2D eigenvalue weighted by Crippen LogP contribution is 2.60. The number of nitrogens with two attached hydrogens (primary N) is 1. The van der Waals surface area contributed by atoms with E-state index in [0.29, 0.717) is 45.7 Å². The first-order chi connectivity index (χ1) is 19.5. The van der Waals surface area contributed by atoms with Crippen LogP contribution >= 0.6 is 11.8 Å². The molecule has 2 saturated heterocycles. The fraction of sp³-hybridized carbons (Fsp3) is 0.517. The number of aromatic hydroxyl groups is 2. The Morgan fingerprint density at radius 2 is 1.88 bits per heavy atom. The second-order valence-electron chi connectivity index (χ2n) is 11.3. The molecule has 41 heavy (non-hydrogen) atoms. The molecule has 12 heteroatoms. The van der Waals surface area contributed by atoms with Gasteiger partial charge in [-0.1, -0.05) is 6.07 Å². The first kappa shape index (κ1) is 28.1. The zero-order valence-electron chi connectivity index (χ0n) is 23.6. The van der Waals surface area contributed by atoms with Crippen LogP contribution in [-0.2, 0) is 20.7 Å². The number of aryl methyl sites for hydroxylation is 1. The molecule has 6 rings (SSSR count). The Balaban J connectivity index is 1.66. The molecule has 0 radical (unpaired) electrons. The molecule has 7 atom stereocenters. The molecule has 6 N–H and O–H groups in total. The third-order valence-corrected chi connectivity index (χ3v) is 10.4. The summed E-state index contributed by atoms with van der Waals surface area (Å²) < 4.78 is 17.1. The quantitative estimate of drug-likeness (QED) is 0.257. The van der Waals surface area contributed by atoms with Crippen LogP contribution in [-0.4, -0.2) is 76.0 Å². The van der Waals surface area contributed by atoms with E-state index >= 15 is 0 Å². The number of rotatable bonds is 2. The number of aliphatic hydroxyl groups excluding tert-OH is 1. The normalized spacial score (nSPS) is 30.5. The number of carbonyl (C=O) groups is 2. The van der Waals surface area contributed by atoms with E-state index in [2.05, 4.69) is 5.32 Å². The van der Waals surface area contributed by atoms with Crippen LogP contribution in [0.25, 0.3) is 0 Å². The number of thioether (sulfide) groups is 1. The first-order valence-electron chi connectivity index (χ1n) is 13.6. The number of phenols is 2. The zero-order valence-corrected chi connectivity index (χ0v) is 24.4. The maximum Gasteiger partial charge on any atom is 0.323 e. The highest BCUT2D eigenvalue weighted by molar-refractivity contribution is 7.99. The first-order valence-corrected chi connectivity index (χ1v) is 14.7. The third-order valence-electron chi connectivity index (χ3n) is 8.99. The van der Waals surface area contributed by atoms with Crippen LogP contribution in [0.2, 0.25) is 0 Å². The van der Waals surface area contributed by atoms with Gasteiger partial charge >= 0.3 is 11.9 Å². The molecule has 0 spiro atoms. The predicted molar refractivity (Wildman–Crippen MR) is 150 cm³/mol. The molecule has 4 aliphatic heterocycles. The van der Waals surface area contributed by atoms with Gasteiger partial charge in [-0.15, -0.1) is 11.8 Å². The van der Waals surface area contributed by atoms with Gasteiger partial charge in [0, 0.05) is 35.4 Å². The minimum absolute atomic E-state index is 0.000179. The van der Waals surface area contributed by atoms with Crippen LogP contribution in [0.3, 0.4) is 0 Å². The van der Waals surface area contributed by atoms with E-state index in [9.17, 15) is 24.9 Å². The van der Waals surface area contributed by atoms with Crippen LogP contribution in [0.15, 0.2) is 6.07 Å². The monoisotopic (exact) mass is 585 g/mol. The molecule has 2 fully saturated rings. The van der Waals surface area contributed by atoms with Gasteiger partial charge in [0.25, 0.3) is 0 Å². The van der Waals surface area contributed by atoms with Crippen molar-refractivity contribution in [3.05, 3.63) is 45.0 Å². The molecule has 11 nitrogen and oxygen atoms in total. The van der Waals surface area contributed by atoms with Gasteiger partial charge in [0.2, 0.25) is 0 Å². The smallest absolute Gasteiger partial charge is 0.323 e. The second-order valence-corrected chi connectivity index (χ2v) is 12.5. The minimum Gasteiger partial charge on any atom is -0.507 e. The van der Waals surface area contributed by atoms with E-state index in [1.165, 1.54) is 25.8 Å².